The third-order valence-corrected chi connectivity index (χ3v) is 3.29. The number of aromatic amines is 1. The number of H-pyrrole nitrogens is 1. The van der Waals surface area contributed by atoms with Gasteiger partial charge < -0.3 is 0 Å². The number of rotatable bonds is 4. The van der Waals surface area contributed by atoms with Crippen molar-refractivity contribution >= 4 is 0 Å². The minimum Gasteiger partial charge on any atom is -0.299 e. The van der Waals surface area contributed by atoms with Crippen LogP contribution in [0.25, 0.3) is 0 Å². The third-order valence-electron chi connectivity index (χ3n) is 3.29. The van der Waals surface area contributed by atoms with Gasteiger partial charge in [0.25, 0.3) is 5.56 Å². The van der Waals surface area contributed by atoms with Gasteiger partial charge in [0.2, 0.25) is 0 Å². The number of aromatic nitrogens is 2. The summed E-state index contributed by atoms with van der Waals surface area (Å²) >= 11 is 0. The summed E-state index contributed by atoms with van der Waals surface area (Å²) in [7, 11) is 0. The second-order valence-electron chi connectivity index (χ2n) is 6.00. The molecule has 1 N–H and O–H groups in total. The van der Waals surface area contributed by atoms with Crippen molar-refractivity contribution in [1.82, 2.24) is 9.78 Å². The van der Waals surface area contributed by atoms with E-state index in [1.165, 1.54) is 5.56 Å². The van der Waals surface area contributed by atoms with Crippen molar-refractivity contribution in [1.29, 1.82) is 0 Å². The fourth-order valence-corrected chi connectivity index (χ4v) is 2.07. The average Bonchev–Trinajstić information content (AvgIpc) is 2.72. The van der Waals surface area contributed by atoms with E-state index in [0.29, 0.717) is 0 Å². The molecular weight excluding hydrogens is 236 g/mol. The van der Waals surface area contributed by atoms with E-state index in [2.05, 4.69) is 38.0 Å². The fraction of sp³-hybridized carbons (Fsp3) is 0.438. The molecule has 19 heavy (non-hydrogen) atoms. The zero-order chi connectivity index (χ0) is 13.9. The number of hydrogen-bond acceptors (Lipinski definition) is 1. The molecule has 2 rings (SSSR count). The lowest BCUT2D eigenvalue weighted by molar-refractivity contribution is 0.516. The molecular formula is C16H22N2O. The van der Waals surface area contributed by atoms with Crippen LogP contribution in [-0.4, -0.2) is 9.78 Å². The van der Waals surface area contributed by atoms with Crippen LogP contribution < -0.4 is 5.56 Å². The first-order valence-corrected chi connectivity index (χ1v) is 6.81. The van der Waals surface area contributed by atoms with Crippen molar-refractivity contribution in [3.8, 4) is 0 Å². The Morgan fingerprint density at radius 3 is 2.42 bits per heavy atom. The van der Waals surface area contributed by atoms with Gasteiger partial charge in [0.05, 0.1) is 0 Å². The molecule has 1 heterocycles. The molecule has 0 aliphatic heterocycles. The fourth-order valence-electron chi connectivity index (χ4n) is 2.07. The van der Waals surface area contributed by atoms with Crippen molar-refractivity contribution in [2.75, 3.05) is 0 Å². The molecule has 0 saturated carbocycles. The maximum atomic E-state index is 11.9. The largest absolute Gasteiger partial charge is 0.299 e. The molecule has 102 valence electrons. The number of nitrogens with one attached hydrogen (secondary N) is 1. The molecule has 1 aromatic heterocycles. The SMILES string of the molecule is CC(C)(C)c1cc(=O)n(CCCc2ccccc2)[nH]1. The van der Waals surface area contributed by atoms with Gasteiger partial charge in [0.1, 0.15) is 0 Å². The Hall–Kier alpha value is -1.77. The minimum absolute atomic E-state index is 0.0101. The molecule has 0 amide bonds. The van der Waals surface area contributed by atoms with E-state index < -0.39 is 0 Å². The molecule has 0 unspecified atom stereocenters. The summed E-state index contributed by atoms with van der Waals surface area (Å²) in [6.45, 7) is 7.05. The molecule has 3 heteroatoms. The minimum atomic E-state index is -0.0101. The standard InChI is InChI=1S/C16H22N2O/c1-16(2,3)14-12-15(19)18(17-14)11-7-10-13-8-5-4-6-9-13/h4-6,8-9,12,17H,7,10-11H2,1-3H3. The highest BCUT2D eigenvalue weighted by Gasteiger charge is 2.17. The Morgan fingerprint density at radius 2 is 1.84 bits per heavy atom. The molecule has 0 spiro atoms. The van der Waals surface area contributed by atoms with Gasteiger partial charge in [-0.25, -0.2) is 0 Å². The summed E-state index contributed by atoms with van der Waals surface area (Å²) in [6.07, 6.45) is 1.96. The Kier molecular flexibility index (Phi) is 3.93. The summed E-state index contributed by atoms with van der Waals surface area (Å²) in [5, 5.41) is 3.21. The topological polar surface area (TPSA) is 37.8 Å². The molecule has 0 fully saturated rings. The van der Waals surface area contributed by atoms with Crippen molar-refractivity contribution in [3.05, 3.63) is 58.0 Å². The van der Waals surface area contributed by atoms with Gasteiger partial charge >= 0.3 is 0 Å². The monoisotopic (exact) mass is 258 g/mol. The molecule has 0 aliphatic rings. The summed E-state index contributed by atoms with van der Waals surface area (Å²) in [5.74, 6) is 0. The maximum absolute atomic E-state index is 11.9. The molecule has 0 saturated heterocycles. The van der Waals surface area contributed by atoms with E-state index in [1.54, 1.807) is 10.7 Å². The van der Waals surface area contributed by atoms with Crippen molar-refractivity contribution < 1.29 is 0 Å². The van der Waals surface area contributed by atoms with Crippen LogP contribution in [0.15, 0.2) is 41.2 Å². The van der Waals surface area contributed by atoms with E-state index in [4.69, 9.17) is 0 Å². The van der Waals surface area contributed by atoms with E-state index >= 15 is 0 Å². The van der Waals surface area contributed by atoms with Crippen LogP contribution >= 0.6 is 0 Å². The second kappa shape index (κ2) is 5.47. The Labute approximate surface area is 114 Å². The first-order valence-electron chi connectivity index (χ1n) is 6.81. The average molecular weight is 258 g/mol. The van der Waals surface area contributed by atoms with Gasteiger partial charge in [0.15, 0.2) is 0 Å². The summed E-state index contributed by atoms with van der Waals surface area (Å²) in [4.78, 5) is 11.9. The van der Waals surface area contributed by atoms with Crippen LogP contribution in [0, 0.1) is 0 Å². The first-order chi connectivity index (χ1) is 8.97. The predicted octanol–water partition coefficient (Wildman–Crippen LogP) is 3.11. The van der Waals surface area contributed by atoms with E-state index in [1.807, 2.05) is 18.2 Å². The van der Waals surface area contributed by atoms with Crippen LogP contribution in [0.1, 0.15) is 38.4 Å². The zero-order valence-electron chi connectivity index (χ0n) is 11.9. The van der Waals surface area contributed by atoms with Gasteiger partial charge in [0, 0.05) is 23.7 Å². The van der Waals surface area contributed by atoms with Crippen LogP contribution in [0.3, 0.4) is 0 Å². The third kappa shape index (κ3) is 3.60. The highest BCUT2D eigenvalue weighted by molar-refractivity contribution is 5.14. The number of aryl methyl sites for hydroxylation is 2. The lowest BCUT2D eigenvalue weighted by Gasteiger charge is -2.15. The van der Waals surface area contributed by atoms with Crippen LogP contribution in [0.4, 0.5) is 0 Å². The Balaban J connectivity index is 1.97. The summed E-state index contributed by atoms with van der Waals surface area (Å²) < 4.78 is 1.71. The molecule has 0 radical (unpaired) electrons. The van der Waals surface area contributed by atoms with Gasteiger partial charge in [-0.05, 0) is 18.4 Å². The van der Waals surface area contributed by atoms with Gasteiger partial charge in [-0.3, -0.25) is 14.6 Å². The van der Waals surface area contributed by atoms with Gasteiger partial charge in [-0.15, -0.1) is 0 Å². The van der Waals surface area contributed by atoms with Crippen molar-refractivity contribution in [2.24, 2.45) is 0 Å². The Morgan fingerprint density at radius 1 is 1.16 bits per heavy atom. The normalized spacial score (nSPS) is 11.7. The molecule has 0 aliphatic carbocycles. The molecule has 1 aromatic carbocycles. The van der Waals surface area contributed by atoms with E-state index in [0.717, 1.165) is 25.1 Å². The highest BCUT2D eigenvalue weighted by Crippen LogP contribution is 2.18. The van der Waals surface area contributed by atoms with Crippen LogP contribution in [0.5, 0.6) is 0 Å². The van der Waals surface area contributed by atoms with E-state index in [-0.39, 0.29) is 11.0 Å². The van der Waals surface area contributed by atoms with Gasteiger partial charge in [-0.2, -0.15) is 0 Å². The lowest BCUT2D eigenvalue weighted by atomic mass is 9.93. The Bertz CT molecular complexity index is 573. The van der Waals surface area contributed by atoms with Crippen LogP contribution in [0.2, 0.25) is 0 Å². The molecule has 0 bridgehead atoms. The molecule has 2 aromatic rings. The highest BCUT2D eigenvalue weighted by atomic mass is 16.1. The second-order valence-corrected chi connectivity index (χ2v) is 6.00. The van der Waals surface area contributed by atoms with E-state index in [9.17, 15) is 4.79 Å². The first kappa shape index (κ1) is 13.7. The van der Waals surface area contributed by atoms with Crippen molar-refractivity contribution in [2.45, 2.75) is 45.6 Å². The summed E-state index contributed by atoms with van der Waals surface area (Å²) in [6, 6.07) is 12.1. The number of benzene rings is 1. The number of hydrogen-bond donors (Lipinski definition) is 1. The summed E-state index contributed by atoms with van der Waals surface area (Å²) in [5.41, 5.74) is 2.37. The smallest absolute Gasteiger partial charge is 0.266 e. The quantitative estimate of drug-likeness (QED) is 0.899. The lowest BCUT2D eigenvalue weighted by Crippen LogP contribution is -2.16. The van der Waals surface area contributed by atoms with Crippen molar-refractivity contribution in [3.63, 3.8) is 0 Å². The van der Waals surface area contributed by atoms with Crippen LogP contribution in [-0.2, 0) is 18.4 Å². The predicted molar refractivity (Wildman–Crippen MR) is 78.5 cm³/mol. The molecule has 0 atom stereocenters. The number of nitrogens with zero attached hydrogens (tertiary/aromatic N) is 1. The molecule has 3 nitrogen and oxygen atoms in total. The maximum Gasteiger partial charge on any atom is 0.266 e. The zero-order valence-corrected chi connectivity index (χ0v) is 11.9. The van der Waals surface area contributed by atoms with Gasteiger partial charge in [-0.1, -0.05) is 51.1 Å².